The van der Waals surface area contributed by atoms with E-state index in [1.54, 1.807) is 16.7 Å². The van der Waals surface area contributed by atoms with Gasteiger partial charge in [-0.3, -0.25) is 0 Å². The molecule has 0 amide bonds. The van der Waals surface area contributed by atoms with Gasteiger partial charge in [-0.25, -0.2) is 0 Å². The topological polar surface area (TPSA) is 47.2 Å². The van der Waals surface area contributed by atoms with Crippen LogP contribution in [0.5, 0.6) is 0 Å². The molecule has 4 rings (SSSR count). The van der Waals surface area contributed by atoms with Gasteiger partial charge < -0.3 is 14.8 Å². The zero-order valence-electron chi connectivity index (χ0n) is 17.6. The van der Waals surface area contributed by atoms with Crippen molar-refractivity contribution >= 4 is 40.4 Å². The number of fused-ring (bicyclic) bond motifs is 2. The lowest BCUT2D eigenvalue weighted by Crippen LogP contribution is -2.36. The minimum absolute atomic E-state index is 0.161. The van der Waals surface area contributed by atoms with Crippen molar-refractivity contribution in [2.75, 3.05) is 11.4 Å². The van der Waals surface area contributed by atoms with Gasteiger partial charge in [-0.05, 0) is 43.7 Å². The molecule has 31 heavy (non-hydrogen) atoms. The summed E-state index contributed by atoms with van der Waals surface area (Å²) in [4.78, 5) is 14.1. The number of rotatable bonds is 6. The fourth-order valence-corrected chi connectivity index (χ4v) is 4.74. The Hall–Kier alpha value is -3.31. The second-order valence-corrected chi connectivity index (χ2v) is 8.41. The number of aliphatic carboxylic acids is 1. The van der Waals surface area contributed by atoms with Gasteiger partial charge in [-0.15, -0.1) is 0 Å². The van der Waals surface area contributed by atoms with Crippen molar-refractivity contribution in [2.24, 2.45) is 0 Å². The van der Waals surface area contributed by atoms with Crippen molar-refractivity contribution in [1.82, 2.24) is 0 Å². The molecule has 0 aliphatic carbocycles. The summed E-state index contributed by atoms with van der Waals surface area (Å²) in [6.07, 6.45) is 10.3. The summed E-state index contributed by atoms with van der Waals surface area (Å²) in [6, 6.07) is 18.4. The Balaban J connectivity index is 1.59. The van der Waals surface area contributed by atoms with Gasteiger partial charge in [0.05, 0.1) is 28.6 Å². The molecule has 0 unspecified atom stereocenters. The summed E-state index contributed by atoms with van der Waals surface area (Å²) in [5, 5.41) is 13.3. The number of aryl methyl sites for hydroxylation is 1. The molecule has 0 spiro atoms. The molecule has 5 heteroatoms. The van der Waals surface area contributed by atoms with Gasteiger partial charge in [0.25, 0.3) is 0 Å². The molecule has 1 aliphatic rings. The highest BCUT2D eigenvalue weighted by molar-refractivity contribution is 8.03. The Kier molecular flexibility index (Phi) is 6.23. The number of carboxylic acid groups (broad SMARTS) is 1. The summed E-state index contributed by atoms with van der Waals surface area (Å²) in [5.41, 5.74) is 4.37. The second-order valence-electron chi connectivity index (χ2n) is 7.35. The minimum Gasteiger partial charge on any atom is -0.548 e. The molecular formula is C26H24N2O2S. The molecule has 2 heterocycles. The lowest BCUT2D eigenvalue weighted by Gasteiger charge is -2.20. The molecule has 0 saturated heterocycles. The number of benzene rings is 2. The molecule has 2 aromatic carbocycles. The first-order chi connectivity index (χ1) is 15.1. The normalized spacial score (nSPS) is 15.2. The Labute approximate surface area is 186 Å². The number of hydrogen-bond acceptors (Lipinski definition) is 4. The highest BCUT2D eigenvalue weighted by atomic mass is 32.2. The first-order valence-electron chi connectivity index (χ1n) is 10.3. The number of carbonyl (C=O) groups is 1. The van der Waals surface area contributed by atoms with E-state index in [0.29, 0.717) is 0 Å². The molecule has 0 N–H and O–H groups in total. The molecule has 1 aliphatic heterocycles. The van der Waals surface area contributed by atoms with E-state index in [0.717, 1.165) is 27.7 Å². The summed E-state index contributed by atoms with van der Waals surface area (Å²) < 4.78 is 2.24. The number of nitrogens with zero attached hydrogens (tertiary/aromatic N) is 2. The standard InChI is InChI=1S/C26H24N2O2S/c1-3-27-17-16-20(21-8-4-5-9-22(21)27)14-12-19(2)13-15-25-28(18-26(29)30)23-10-6-7-11-24(23)31-25/h4-17H,3,18H2,1-2H3. The Bertz CT molecular complexity index is 1230. The molecule has 0 radical (unpaired) electrons. The van der Waals surface area contributed by atoms with Crippen LogP contribution in [0.2, 0.25) is 0 Å². The van der Waals surface area contributed by atoms with Crippen molar-refractivity contribution in [3.63, 3.8) is 0 Å². The third-order valence-corrected chi connectivity index (χ3v) is 6.37. The first kappa shape index (κ1) is 20.9. The summed E-state index contributed by atoms with van der Waals surface area (Å²) in [6.45, 7) is 4.96. The Morgan fingerprint density at radius 3 is 2.71 bits per heavy atom. The monoisotopic (exact) mass is 428 g/mol. The first-order valence-corrected chi connectivity index (χ1v) is 11.1. The maximum Gasteiger partial charge on any atom is 0.213 e. The number of aromatic nitrogens is 1. The van der Waals surface area contributed by atoms with Crippen molar-refractivity contribution < 1.29 is 14.5 Å². The Morgan fingerprint density at radius 2 is 1.90 bits per heavy atom. The van der Waals surface area contributed by atoms with Gasteiger partial charge in [0, 0.05) is 17.0 Å². The van der Waals surface area contributed by atoms with Crippen LogP contribution in [0.1, 0.15) is 19.4 Å². The summed E-state index contributed by atoms with van der Waals surface area (Å²) >= 11 is 1.57. The van der Waals surface area contributed by atoms with Crippen LogP contribution >= 0.6 is 11.8 Å². The molecule has 4 nitrogen and oxygen atoms in total. The molecule has 3 aromatic rings. The third-order valence-electron chi connectivity index (χ3n) is 5.24. The zero-order chi connectivity index (χ0) is 21.8. The van der Waals surface area contributed by atoms with E-state index >= 15 is 0 Å². The van der Waals surface area contributed by atoms with Crippen LogP contribution in [0, 0.1) is 0 Å². The fraction of sp³-hybridized carbons (Fsp3) is 0.154. The van der Waals surface area contributed by atoms with E-state index in [9.17, 15) is 9.90 Å². The van der Waals surface area contributed by atoms with Crippen molar-refractivity contribution in [1.29, 1.82) is 0 Å². The maximum absolute atomic E-state index is 11.2. The van der Waals surface area contributed by atoms with Gasteiger partial charge in [0.1, 0.15) is 6.54 Å². The average Bonchev–Trinajstić information content (AvgIpc) is 3.12. The molecule has 156 valence electrons. The smallest absolute Gasteiger partial charge is 0.213 e. The minimum atomic E-state index is -1.09. The van der Waals surface area contributed by atoms with Crippen molar-refractivity contribution in [3.05, 3.63) is 95.2 Å². The van der Waals surface area contributed by atoms with Gasteiger partial charge in [0.15, 0.2) is 6.20 Å². The van der Waals surface area contributed by atoms with Crippen LogP contribution in [-0.2, 0) is 11.3 Å². The van der Waals surface area contributed by atoms with Crippen LogP contribution in [-0.4, -0.2) is 12.5 Å². The number of carbonyl (C=O) groups excluding carboxylic acids is 1. The van der Waals surface area contributed by atoms with Gasteiger partial charge in [0.2, 0.25) is 5.52 Å². The molecule has 1 aromatic heterocycles. The van der Waals surface area contributed by atoms with E-state index in [1.807, 2.05) is 43.3 Å². The van der Waals surface area contributed by atoms with E-state index in [4.69, 9.17) is 0 Å². The predicted molar refractivity (Wildman–Crippen MR) is 125 cm³/mol. The van der Waals surface area contributed by atoms with Gasteiger partial charge in [-0.1, -0.05) is 59.8 Å². The number of anilines is 1. The number of allylic oxidation sites excluding steroid dienone is 4. The third kappa shape index (κ3) is 4.57. The van der Waals surface area contributed by atoms with Crippen LogP contribution in [0.25, 0.3) is 17.0 Å². The van der Waals surface area contributed by atoms with Gasteiger partial charge in [-0.2, -0.15) is 4.57 Å². The van der Waals surface area contributed by atoms with Crippen LogP contribution in [0.4, 0.5) is 5.69 Å². The number of hydrogen-bond donors (Lipinski definition) is 0. The summed E-state index contributed by atoms with van der Waals surface area (Å²) in [5.74, 6) is -1.09. The molecule has 0 saturated carbocycles. The number of thioether (sulfide) groups is 1. The quantitative estimate of drug-likeness (QED) is 0.434. The fourth-order valence-electron chi connectivity index (χ4n) is 3.68. The van der Waals surface area contributed by atoms with E-state index in [-0.39, 0.29) is 6.54 Å². The van der Waals surface area contributed by atoms with Gasteiger partial charge >= 0.3 is 0 Å². The SMILES string of the molecule is CC[n+]1ccc(C=CC(C)=CC=C2Sc3ccccc3N2CC(=O)[O-])c2ccccc21. The van der Waals surface area contributed by atoms with Crippen LogP contribution < -0.4 is 14.6 Å². The number of carboxylic acids is 1. The molecule has 0 atom stereocenters. The van der Waals surface area contributed by atoms with E-state index in [2.05, 4.69) is 60.2 Å². The summed E-state index contributed by atoms with van der Waals surface area (Å²) in [7, 11) is 0. The van der Waals surface area contributed by atoms with E-state index in [1.165, 1.54) is 16.5 Å². The van der Waals surface area contributed by atoms with Crippen LogP contribution in [0.15, 0.2) is 94.5 Å². The highest BCUT2D eigenvalue weighted by Crippen LogP contribution is 2.45. The molecule has 0 bridgehead atoms. The highest BCUT2D eigenvalue weighted by Gasteiger charge is 2.24. The lowest BCUT2D eigenvalue weighted by molar-refractivity contribution is -0.667. The van der Waals surface area contributed by atoms with Crippen molar-refractivity contribution in [2.45, 2.75) is 25.3 Å². The Morgan fingerprint density at radius 1 is 1.13 bits per heavy atom. The zero-order valence-corrected chi connectivity index (χ0v) is 18.4. The van der Waals surface area contributed by atoms with Crippen LogP contribution in [0.3, 0.4) is 0 Å². The van der Waals surface area contributed by atoms with Crippen molar-refractivity contribution in [3.8, 4) is 0 Å². The molecular weight excluding hydrogens is 404 g/mol. The maximum atomic E-state index is 11.2. The predicted octanol–water partition coefficient (Wildman–Crippen LogP) is 4.31. The largest absolute Gasteiger partial charge is 0.548 e. The number of pyridine rings is 1. The second kappa shape index (κ2) is 9.23. The average molecular weight is 429 g/mol. The number of para-hydroxylation sites is 2. The van der Waals surface area contributed by atoms with E-state index < -0.39 is 5.97 Å². The lowest BCUT2D eigenvalue weighted by atomic mass is 10.1. The molecule has 0 fully saturated rings.